The number of hydrogen-bond donors (Lipinski definition) is 0. The molecular weight excluding hydrogens is 408 g/mol. The van der Waals surface area contributed by atoms with Crippen LogP contribution in [-0.4, -0.2) is 36.5 Å². The molecule has 1 aromatic rings. The van der Waals surface area contributed by atoms with E-state index in [4.69, 9.17) is 25.8 Å². The molecule has 1 fully saturated rings. The van der Waals surface area contributed by atoms with E-state index in [9.17, 15) is 14.4 Å². The van der Waals surface area contributed by atoms with Crippen molar-refractivity contribution < 1.29 is 28.6 Å². The fraction of sp³-hybridized carbons (Fsp3) is 0.522. The number of ether oxygens (including phenoxy) is 3. The molecule has 0 atom stereocenters. The highest BCUT2D eigenvalue weighted by molar-refractivity contribution is 6.63. The first kappa shape index (κ1) is 23.9. The number of hydrogen-bond acceptors (Lipinski definition) is 6. The summed E-state index contributed by atoms with van der Waals surface area (Å²) >= 11 is 5.53. The highest BCUT2D eigenvalue weighted by Gasteiger charge is 2.27. The van der Waals surface area contributed by atoms with Gasteiger partial charge in [-0.05, 0) is 87.2 Å². The first-order valence-corrected chi connectivity index (χ1v) is 10.8. The maximum absolute atomic E-state index is 12.3. The normalized spacial score (nSPS) is 18.3. The van der Waals surface area contributed by atoms with Crippen LogP contribution in [0.25, 0.3) is 0 Å². The molecule has 0 saturated heterocycles. The van der Waals surface area contributed by atoms with Crippen molar-refractivity contribution in [3.63, 3.8) is 0 Å². The van der Waals surface area contributed by atoms with Crippen molar-refractivity contribution in [1.82, 2.24) is 0 Å². The van der Waals surface area contributed by atoms with E-state index in [2.05, 4.69) is 6.58 Å². The average molecular weight is 437 g/mol. The van der Waals surface area contributed by atoms with Crippen molar-refractivity contribution in [2.24, 2.45) is 5.92 Å². The van der Waals surface area contributed by atoms with E-state index in [0.717, 1.165) is 31.8 Å². The Morgan fingerprint density at radius 2 is 1.60 bits per heavy atom. The van der Waals surface area contributed by atoms with Gasteiger partial charge in [-0.15, -0.1) is 0 Å². The Kier molecular flexibility index (Phi) is 10.4. The summed E-state index contributed by atoms with van der Waals surface area (Å²) in [5, 5.41) is -0.301. The molecule has 1 saturated carbocycles. The summed E-state index contributed by atoms with van der Waals surface area (Å²) in [6, 6.07) is 6.90. The predicted octanol–water partition coefficient (Wildman–Crippen LogP) is 4.84. The second-order valence-corrected chi connectivity index (χ2v) is 7.71. The maximum atomic E-state index is 12.3. The molecule has 7 heteroatoms. The van der Waals surface area contributed by atoms with Gasteiger partial charge in [0.05, 0.1) is 18.8 Å². The third-order valence-corrected chi connectivity index (χ3v) is 5.39. The minimum Gasteiger partial charge on any atom is -0.494 e. The Balaban J connectivity index is 1.60. The molecule has 0 aliphatic heterocycles. The zero-order valence-corrected chi connectivity index (χ0v) is 17.9. The van der Waals surface area contributed by atoms with E-state index in [1.54, 1.807) is 24.3 Å². The molecule has 0 heterocycles. The van der Waals surface area contributed by atoms with Gasteiger partial charge in [-0.3, -0.25) is 4.79 Å². The van der Waals surface area contributed by atoms with Gasteiger partial charge in [0.1, 0.15) is 11.9 Å². The fourth-order valence-corrected chi connectivity index (χ4v) is 3.51. The van der Waals surface area contributed by atoms with Gasteiger partial charge in [0.25, 0.3) is 0 Å². The van der Waals surface area contributed by atoms with E-state index < -0.39 is 0 Å². The van der Waals surface area contributed by atoms with Crippen LogP contribution in [0.1, 0.15) is 61.7 Å². The molecule has 2 rings (SSSR count). The van der Waals surface area contributed by atoms with Gasteiger partial charge in [0.2, 0.25) is 5.24 Å². The third-order valence-electron chi connectivity index (χ3n) is 5.08. The summed E-state index contributed by atoms with van der Waals surface area (Å²) in [5.74, 6) is -0.166. The Morgan fingerprint density at radius 3 is 2.20 bits per heavy atom. The van der Waals surface area contributed by atoms with Gasteiger partial charge in [-0.2, -0.15) is 0 Å². The third kappa shape index (κ3) is 8.57. The van der Waals surface area contributed by atoms with Crippen molar-refractivity contribution in [2.75, 3.05) is 13.2 Å². The summed E-state index contributed by atoms with van der Waals surface area (Å²) in [5.41, 5.74) is 0.479. The molecule has 0 unspecified atom stereocenters. The van der Waals surface area contributed by atoms with Gasteiger partial charge in [-0.1, -0.05) is 6.58 Å². The summed E-state index contributed by atoms with van der Waals surface area (Å²) in [4.78, 5) is 34.4. The van der Waals surface area contributed by atoms with E-state index in [0.29, 0.717) is 50.2 Å². The van der Waals surface area contributed by atoms with Crippen LogP contribution in [0, 0.1) is 5.92 Å². The van der Waals surface area contributed by atoms with Crippen molar-refractivity contribution in [3.8, 4) is 5.75 Å². The van der Waals surface area contributed by atoms with Crippen LogP contribution in [0.5, 0.6) is 5.75 Å². The first-order valence-electron chi connectivity index (χ1n) is 10.4. The molecule has 1 aliphatic rings. The minimum atomic E-state index is -0.388. The maximum Gasteiger partial charge on any atom is 0.338 e. The molecule has 0 N–H and O–H groups in total. The van der Waals surface area contributed by atoms with Crippen LogP contribution >= 0.6 is 11.6 Å². The molecule has 1 aromatic carbocycles. The van der Waals surface area contributed by atoms with Crippen LogP contribution in [0.3, 0.4) is 0 Å². The van der Waals surface area contributed by atoms with Gasteiger partial charge in [-0.25, -0.2) is 9.59 Å². The molecule has 0 radical (unpaired) electrons. The number of carbonyl (C=O) groups excluding carboxylic acids is 3. The van der Waals surface area contributed by atoms with Crippen LogP contribution in [0.15, 0.2) is 36.9 Å². The number of carbonyl (C=O) groups is 3. The number of esters is 2. The fourth-order valence-electron chi connectivity index (χ4n) is 3.29. The highest BCUT2D eigenvalue weighted by Crippen LogP contribution is 2.28. The zero-order valence-electron chi connectivity index (χ0n) is 17.1. The van der Waals surface area contributed by atoms with Crippen LogP contribution in [0.2, 0.25) is 0 Å². The summed E-state index contributed by atoms with van der Waals surface area (Å²) in [6.07, 6.45) is 7.29. The van der Waals surface area contributed by atoms with E-state index in [1.165, 1.54) is 0 Å². The largest absolute Gasteiger partial charge is 0.494 e. The molecule has 0 bridgehead atoms. The lowest BCUT2D eigenvalue weighted by Crippen LogP contribution is -2.26. The molecular formula is C23H29ClO6. The van der Waals surface area contributed by atoms with Gasteiger partial charge < -0.3 is 14.2 Å². The number of halogens is 1. The first-order chi connectivity index (χ1) is 14.5. The lowest BCUT2D eigenvalue weighted by molar-refractivity contribution is -0.137. The number of benzene rings is 1. The standard InChI is InChI=1S/C23H29ClO6/c1-2-21(25)29-16-6-4-3-5-15-28-19-11-9-18(10-12-19)23(27)30-20-13-7-17(8-14-20)22(24)26/h2,9-12,17,20H,1,3-8,13-16H2/t17-,20-. The summed E-state index contributed by atoms with van der Waals surface area (Å²) < 4.78 is 16.1. The average Bonchev–Trinajstić information content (AvgIpc) is 2.76. The van der Waals surface area contributed by atoms with Gasteiger partial charge >= 0.3 is 11.9 Å². The molecule has 0 amide bonds. The van der Waals surface area contributed by atoms with Crippen LogP contribution in [0.4, 0.5) is 0 Å². The number of rotatable bonds is 12. The van der Waals surface area contributed by atoms with Crippen LogP contribution in [-0.2, 0) is 19.1 Å². The lowest BCUT2D eigenvalue weighted by atomic mass is 9.88. The predicted molar refractivity (Wildman–Crippen MR) is 114 cm³/mol. The Bertz CT molecular complexity index is 707. The molecule has 0 aromatic heterocycles. The van der Waals surface area contributed by atoms with E-state index >= 15 is 0 Å². The zero-order chi connectivity index (χ0) is 21.8. The van der Waals surface area contributed by atoms with E-state index in [1.807, 2.05) is 0 Å². The summed E-state index contributed by atoms with van der Waals surface area (Å²) in [6.45, 7) is 4.34. The quantitative estimate of drug-likeness (QED) is 0.202. The second-order valence-electron chi connectivity index (χ2n) is 7.34. The molecule has 164 valence electrons. The molecule has 0 spiro atoms. The topological polar surface area (TPSA) is 78.9 Å². The molecule has 30 heavy (non-hydrogen) atoms. The molecule has 6 nitrogen and oxygen atoms in total. The van der Waals surface area contributed by atoms with Crippen LogP contribution < -0.4 is 4.74 Å². The Hall–Kier alpha value is -2.34. The second kappa shape index (κ2) is 13.1. The van der Waals surface area contributed by atoms with E-state index in [-0.39, 0.29) is 29.2 Å². The van der Waals surface area contributed by atoms with Crippen molar-refractivity contribution in [1.29, 1.82) is 0 Å². The van der Waals surface area contributed by atoms with Gasteiger partial charge in [0.15, 0.2) is 0 Å². The highest BCUT2D eigenvalue weighted by atomic mass is 35.5. The SMILES string of the molecule is C=CC(=O)OCCCCCCOc1ccc(C(=O)O[C@H]2CC[C@H](C(=O)Cl)CC2)cc1. The van der Waals surface area contributed by atoms with Crippen molar-refractivity contribution in [2.45, 2.75) is 57.5 Å². The van der Waals surface area contributed by atoms with Gasteiger partial charge in [0, 0.05) is 12.0 Å². The lowest BCUT2D eigenvalue weighted by Gasteiger charge is -2.26. The molecule has 1 aliphatic carbocycles. The summed E-state index contributed by atoms with van der Waals surface area (Å²) in [7, 11) is 0. The smallest absolute Gasteiger partial charge is 0.338 e. The van der Waals surface area contributed by atoms with Crippen molar-refractivity contribution in [3.05, 3.63) is 42.5 Å². The van der Waals surface area contributed by atoms with Crippen molar-refractivity contribution >= 4 is 28.8 Å². The Labute approximate surface area is 182 Å². The minimum absolute atomic E-state index is 0.118. The monoisotopic (exact) mass is 436 g/mol. The Morgan fingerprint density at radius 1 is 0.967 bits per heavy atom. The number of unbranched alkanes of at least 4 members (excludes halogenated alkanes) is 3.